The highest BCUT2D eigenvalue weighted by molar-refractivity contribution is 5.70. The van der Waals surface area contributed by atoms with Crippen LogP contribution in [0.2, 0.25) is 0 Å². The van der Waals surface area contributed by atoms with Crippen molar-refractivity contribution in [2.45, 2.75) is 13.0 Å². The molecule has 0 aromatic heterocycles. The second-order valence-electron chi connectivity index (χ2n) is 3.64. The predicted molar refractivity (Wildman–Crippen MR) is 61.4 cm³/mol. The van der Waals surface area contributed by atoms with Crippen LogP contribution in [0.15, 0.2) is 18.2 Å². The number of amides is 1. The number of rotatable bonds is 4. The summed E-state index contributed by atoms with van der Waals surface area (Å²) in [5, 5.41) is 2.72. The summed E-state index contributed by atoms with van der Waals surface area (Å²) in [6.45, 7) is 2.82. The van der Waals surface area contributed by atoms with E-state index in [4.69, 9.17) is 14.2 Å². The zero-order valence-corrected chi connectivity index (χ0v) is 9.86. The van der Waals surface area contributed by atoms with E-state index >= 15 is 0 Å². The normalized spacial score (nSPS) is 18.5. The van der Waals surface area contributed by atoms with Gasteiger partial charge in [-0.15, -0.1) is 0 Å². The van der Waals surface area contributed by atoms with E-state index in [-0.39, 0.29) is 12.1 Å². The molecule has 2 rings (SSSR count). The van der Waals surface area contributed by atoms with Gasteiger partial charge >= 0.3 is 6.09 Å². The van der Waals surface area contributed by atoms with Gasteiger partial charge in [0.25, 0.3) is 0 Å². The molecule has 92 valence electrons. The first-order valence-corrected chi connectivity index (χ1v) is 5.48. The van der Waals surface area contributed by atoms with E-state index in [1.54, 1.807) is 7.11 Å². The van der Waals surface area contributed by atoms with Gasteiger partial charge in [-0.2, -0.15) is 0 Å². The Morgan fingerprint density at radius 1 is 1.47 bits per heavy atom. The molecular weight excluding hydrogens is 222 g/mol. The molecule has 1 aliphatic rings. The van der Waals surface area contributed by atoms with Crippen LogP contribution < -0.4 is 14.8 Å². The molecule has 0 aliphatic carbocycles. The van der Waals surface area contributed by atoms with E-state index in [9.17, 15) is 4.79 Å². The molecule has 0 unspecified atom stereocenters. The van der Waals surface area contributed by atoms with Gasteiger partial charge in [-0.25, -0.2) is 4.79 Å². The second-order valence-corrected chi connectivity index (χ2v) is 3.64. The predicted octanol–water partition coefficient (Wildman–Crippen LogP) is 1.87. The first kappa shape index (κ1) is 11.6. The van der Waals surface area contributed by atoms with Crippen molar-refractivity contribution in [3.8, 4) is 11.5 Å². The summed E-state index contributed by atoms with van der Waals surface area (Å²) >= 11 is 0. The third kappa shape index (κ3) is 2.43. The fourth-order valence-corrected chi connectivity index (χ4v) is 1.74. The van der Waals surface area contributed by atoms with E-state index < -0.39 is 0 Å². The molecule has 1 aromatic carbocycles. The monoisotopic (exact) mass is 237 g/mol. The largest absolute Gasteiger partial charge is 0.493 e. The molecule has 1 amide bonds. The van der Waals surface area contributed by atoms with Crippen LogP contribution in [0.5, 0.6) is 11.5 Å². The van der Waals surface area contributed by atoms with Crippen LogP contribution in [0.4, 0.5) is 4.79 Å². The highest BCUT2D eigenvalue weighted by Crippen LogP contribution is 2.31. The molecular formula is C12H15NO4. The number of nitrogens with one attached hydrogen (secondary N) is 1. The van der Waals surface area contributed by atoms with Gasteiger partial charge in [-0.05, 0) is 24.6 Å². The maximum atomic E-state index is 11.0. The van der Waals surface area contributed by atoms with Crippen molar-refractivity contribution in [2.75, 3.05) is 20.3 Å². The van der Waals surface area contributed by atoms with Gasteiger partial charge in [-0.3, -0.25) is 0 Å². The second kappa shape index (κ2) is 4.95. The number of ether oxygens (including phenoxy) is 3. The molecule has 5 nitrogen and oxygen atoms in total. The van der Waals surface area contributed by atoms with E-state index in [0.717, 1.165) is 5.56 Å². The Kier molecular flexibility index (Phi) is 3.37. The Balaban J connectivity index is 2.23. The van der Waals surface area contributed by atoms with E-state index in [2.05, 4.69) is 5.32 Å². The summed E-state index contributed by atoms with van der Waals surface area (Å²) in [7, 11) is 1.60. The standard InChI is InChI=1S/C12H15NO4/c1-3-16-11-6-8(4-5-10(11)15-2)9-7-17-12(14)13-9/h4-6,9H,3,7H2,1-2H3,(H,13,14)/t9-/m0/s1. The van der Waals surface area contributed by atoms with Crippen LogP contribution in [0, 0.1) is 0 Å². The quantitative estimate of drug-likeness (QED) is 0.868. The highest BCUT2D eigenvalue weighted by atomic mass is 16.6. The number of carbonyl (C=O) groups is 1. The zero-order chi connectivity index (χ0) is 12.3. The Bertz CT molecular complexity index is 419. The van der Waals surface area contributed by atoms with Crippen LogP contribution in [-0.2, 0) is 4.74 Å². The maximum absolute atomic E-state index is 11.0. The maximum Gasteiger partial charge on any atom is 0.407 e. The highest BCUT2D eigenvalue weighted by Gasteiger charge is 2.24. The van der Waals surface area contributed by atoms with Gasteiger partial charge in [0.15, 0.2) is 11.5 Å². The van der Waals surface area contributed by atoms with Crippen molar-refractivity contribution in [1.82, 2.24) is 5.32 Å². The molecule has 0 saturated carbocycles. The number of methoxy groups -OCH3 is 1. The average molecular weight is 237 g/mol. The first-order chi connectivity index (χ1) is 8.24. The van der Waals surface area contributed by atoms with Gasteiger partial charge < -0.3 is 19.5 Å². The first-order valence-electron chi connectivity index (χ1n) is 5.48. The van der Waals surface area contributed by atoms with Crippen molar-refractivity contribution in [3.63, 3.8) is 0 Å². The molecule has 17 heavy (non-hydrogen) atoms. The SMILES string of the molecule is CCOc1cc([C@@H]2COC(=O)N2)ccc1OC. The number of hydrogen-bond donors (Lipinski definition) is 1. The van der Waals surface area contributed by atoms with Crippen molar-refractivity contribution in [1.29, 1.82) is 0 Å². The van der Waals surface area contributed by atoms with Crippen LogP contribution >= 0.6 is 0 Å². The molecule has 0 radical (unpaired) electrons. The minimum atomic E-state index is -0.385. The van der Waals surface area contributed by atoms with E-state index in [1.807, 2.05) is 25.1 Å². The van der Waals surface area contributed by atoms with Gasteiger partial charge in [0.2, 0.25) is 0 Å². The number of benzene rings is 1. The van der Waals surface area contributed by atoms with Crippen LogP contribution in [0.3, 0.4) is 0 Å². The topological polar surface area (TPSA) is 56.8 Å². The summed E-state index contributed by atoms with van der Waals surface area (Å²) in [4.78, 5) is 11.0. The molecule has 1 aliphatic heterocycles. The van der Waals surface area contributed by atoms with Crippen LogP contribution in [0.25, 0.3) is 0 Å². The Morgan fingerprint density at radius 3 is 2.88 bits per heavy atom. The van der Waals surface area contributed by atoms with Gasteiger partial charge in [0.1, 0.15) is 6.61 Å². The fourth-order valence-electron chi connectivity index (χ4n) is 1.74. The van der Waals surface area contributed by atoms with E-state index in [1.165, 1.54) is 0 Å². The number of carbonyl (C=O) groups excluding carboxylic acids is 1. The van der Waals surface area contributed by atoms with Gasteiger partial charge in [0, 0.05) is 0 Å². The van der Waals surface area contributed by atoms with Crippen LogP contribution in [-0.4, -0.2) is 26.4 Å². The minimum absolute atomic E-state index is 0.118. The smallest absolute Gasteiger partial charge is 0.407 e. The summed E-state index contributed by atoms with van der Waals surface area (Å²) in [5.41, 5.74) is 0.945. The Morgan fingerprint density at radius 2 is 2.29 bits per heavy atom. The number of hydrogen-bond acceptors (Lipinski definition) is 4. The minimum Gasteiger partial charge on any atom is -0.493 e. The number of alkyl carbamates (subject to hydrolysis) is 1. The molecule has 1 atom stereocenters. The summed E-state index contributed by atoms with van der Waals surface area (Å²) in [6.07, 6.45) is -0.385. The van der Waals surface area contributed by atoms with Gasteiger partial charge in [0.05, 0.1) is 19.8 Å². The van der Waals surface area contributed by atoms with Crippen molar-refractivity contribution in [2.24, 2.45) is 0 Å². The zero-order valence-electron chi connectivity index (χ0n) is 9.86. The third-order valence-corrected chi connectivity index (χ3v) is 2.56. The Hall–Kier alpha value is -1.91. The molecule has 1 aromatic rings. The lowest BCUT2D eigenvalue weighted by Gasteiger charge is -2.13. The molecule has 0 spiro atoms. The molecule has 1 saturated heterocycles. The van der Waals surface area contributed by atoms with Gasteiger partial charge in [-0.1, -0.05) is 6.07 Å². The van der Waals surface area contributed by atoms with Crippen molar-refractivity contribution >= 4 is 6.09 Å². The van der Waals surface area contributed by atoms with Crippen molar-refractivity contribution < 1.29 is 19.0 Å². The molecule has 1 N–H and O–H groups in total. The fraction of sp³-hybridized carbons (Fsp3) is 0.417. The lowest BCUT2D eigenvalue weighted by atomic mass is 10.1. The molecule has 1 fully saturated rings. The summed E-state index contributed by atoms with van der Waals surface area (Å²) in [6, 6.07) is 5.46. The Labute approximate surface area is 99.7 Å². The third-order valence-electron chi connectivity index (χ3n) is 2.56. The summed E-state index contributed by atoms with van der Waals surface area (Å²) < 4.78 is 15.5. The molecule has 1 heterocycles. The molecule has 0 bridgehead atoms. The summed E-state index contributed by atoms with van der Waals surface area (Å²) in [5.74, 6) is 1.36. The molecule has 5 heteroatoms. The lowest BCUT2D eigenvalue weighted by molar-refractivity contribution is 0.177. The van der Waals surface area contributed by atoms with Crippen molar-refractivity contribution in [3.05, 3.63) is 23.8 Å². The average Bonchev–Trinajstić information content (AvgIpc) is 2.76. The lowest BCUT2D eigenvalue weighted by Crippen LogP contribution is -2.18. The van der Waals surface area contributed by atoms with E-state index in [0.29, 0.717) is 24.7 Å². The number of cyclic esters (lactones) is 1. The van der Waals surface area contributed by atoms with Crippen LogP contribution in [0.1, 0.15) is 18.5 Å².